The molecule has 2 heterocycles. The van der Waals surface area contributed by atoms with Crippen molar-refractivity contribution in [3.05, 3.63) is 56.1 Å². The molecule has 0 spiro atoms. The molecule has 0 unspecified atom stereocenters. The van der Waals surface area contributed by atoms with E-state index in [1.54, 1.807) is 22.7 Å². The molecule has 4 aromatic rings. The summed E-state index contributed by atoms with van der Waals surface area (Å²) in [5.74, 6) is 1.95. The van der Waals surface area contributed by atoms with E-state index in [0.717, 1.165) is 67.0 Å². The summed E-state index contributed by atoms with van der Waals surface area (Å²) in [6.07, 6.45) is 15.0. The number of unbranched alkanes of at least 4 members (excludes halogenated alkanes) is 10. The van der Waals surface area contributed by atoms with E-state index < -0.39 is 0 Å². The second-order valence-corrected chi connectivity index (χ2v) is 15.3. The lowest BCUT2D eigenvalue weighted by Crippen LogP contribution is -2.02. The lowest BCUT2D eigenvalue weighted by atomic mass is 9.99. The molecule has 0 aliphatic carbocycles. The molecule has 0 saturated carbocycles. The molecule has 216 valence electrons. The monoisotopic (exact) mass is 704 g/mol. The van der Waals surface area contributed by atoms with Crippen molar-refractivity contribution in [3.8, 4) is 32.4 Å². The average molecular weight is 707 g/mol. The molecular weight excluding hydrogens is 664 g/mol. The summed E-state index contributed by atoms with van der Waals surface area (Å²) in [5.41, 5.74) is 2.31. The van der Waals surface area contributed by atoms with Crippen molar-refractivity contribution in [2.45, 2.75) is 90.9 Å². The molecule has 0 fully saturated rings. The summed E-state index contributed by atoms with van der Waals surface area (Å²) < 4.78 is 15.5. The van der Waals surface area contributed by atoms with Crippen LogP contribution in [0, 0.1) is 0 Å². The Bertz CT molecular complexity index is 1230. The third-order valence-electron chi connectivity index (χ3n) is 7.27. The van der Waals surface area contributed by atoms with Gasteiger partial charge in [0, 0.05) is 31.7 Å². The zero-order chi connectivity index (χ0) is 28.2. The van der Waals surface area contributed by atoms with Gasteiger partial charge in [-0.05, 0) is 93.2 Å². The third kappa shape index (κ3) is 8.83. The van der Waals surface area contributed by atoms with Gasteiger partial charge in [0.2, 0.25) is 0 Å². The second-order valence-electron chi connectivity index (χ2n) is 10.4. The Morgan fingerprint density at radius 3 is 1.27 bits per heavy atom. The van der Waals surface area contributed by atoms with Gasteiger partial charge in [-0.2, -0.15) is 0 Å². The maximum atomic E-state index is 6.64. The third-order valence-corrected chi connectivity index (χ3v) is 10.6. The molecule has 0 bridgehead atoms. The van der Waals surface area contributed by atoms with Crippen molar-refractivity contribution in [1.82, 2.24) is 0 Å². The summed E-state index contributed by atoms with van der Waals surface area (Å²) >= 11 is 10.8. The van der Waals surface area contributed by atoms with Gasteiger partial charge < -0.3 is 9.47 Å². The summed E-state index contributed by atoms with van der Waals surface area (Å²) in [7, 11) is 0. The highest BCUT2D eigenvalue weighted by Crippen LogP contribution is 2.47. The van der Waals surface area contributed by atoms with Crippen LogP contribution in [0.1, 0.15) is 90.9 Å². The molecule has 0 amide bonds. The van der Waals surface area contributed by atoms with E-state index in [1.807, 2.05) is 0 Å². The van der Waals surface area contributed by atoms with Crippen LogP contribution in [0.4, 0.5) is 0 Å². The number of rotatable bonds is 18. The van der Waals surface area contributed by atoms with Gasteiger partial charge in [-0.15, -0.1) is 22.7 Å². The largest absolute Gasteiger partial charge is 0.492 e. The molecular formula is C34H42Br2O2S2. The quantitative estimate of drug-likeness (QED) is 0.0959. The van der Waals surface area contributed by atoms with Crippen LogP contribution in [0.25, 0.3) is 31.7 Å². The van der Waals surface area contributed by atoms with E-state index in [9.17, 15) is 0 Å². The zero-order valence-electron chi connectivity index (χ0n) is 23.9. The fraction of sp³-hybridized carbons (Fsp3) is 0.471. The maximum absolute atomic E-state index is 6.64. The van der Waals surface area contributed by atoms with Crippen LogP contribution in [0.15, 0.2) is 56.1 Å². The maximum Gasteiger partial charge on any atom is 0.135 e. The van der Waals surface area contributed by atoms with Crippen molar-refractivity contribution in [2.75, 3.05) is 13.2 Å². The van der Waals surface area contributed by atoms with Crippen LogP contribution >= 0.6 is 54.5 Å². The van der Waals surface area contributed by atoms with Gasteiger partial charge in [0.25, 0.3) is 0 Å². The Morgan fingerprint density at radius 1 is 0.500 bits per heavy atom. The predicted molar refractivity (Wildman–Crippen MR) is 184 cm³/mol. The average Bonchev–Trinajstić information content (AvgIpc) is 3.59. The predicted octanol–water partition coefficient (Wildman–Crippen LogP) is 13.3. The fourth-order valence-corrected chi connectivity index (χ4v) is 7.90. The molecule has 0 atom stereocenters. The van der Waals surface area contributed by atoms with E-state index in [1.165, 1.54) is 74.0 Å². The molecule has 0 aliphatic rings. The van der Waals surface area contributed by atoms with Gasteiger partial charge in [0.1, 0.15) is 11.5 Å². The lowest BCUT2D eigenvalue weighted by molar-refractivity contribution is 0.306. The van der Waals surface area contributed by atoms with Crippen LogP contribution in [0.5, 0.6) is 11.5 Å². The molecule has 0 N–H and O–H groups in total. The lowest BCUT2D eigenvalue weighted by Gasteiger charge is -2.18. The summed E-state index contributed by atoms with van der Waals surface area (Å²) in [6, 6.07) is 17.5. The van der Waals surface area contributed by atoms with Crippen molar-refractivity contribution >= 4 is 65.3 Å². The van der Waals surface area contributed by atoms with Crippen molar-refractivity contribution in [2.24, 2.45) is 0 Å². The first kappa shape index (κ1) is 31.6. The zero-order valence-corrected chi connectivity index (χ0v) is 28.7. The molecule has 2 nitrogen and oxygen atoms in total. The molecule has 0 radical (unpaired) electrons. The SMILES string of the molecule is CCCCCCCCOc1c(-c2ccc(Br)s2)ccc2c(OCCCCCCCC)c(-c3ccc(Br)s3)ccc12. The standard InChI is InChI=1S/C34H42Br2O2S2/c1-3-5-7-9-11-13-23-37-33-25-15-18-28(30-20-22-32(36)40-30)34(38-24-14-12-10-8-6-4-2)26(25)16-17-27(33)29-19-21-31(35)39-29/h15-22H,3-14,23-24H2,1-2H3. The van der Waals surface area contributed by atoms with Crippen molar-refractivity contribution < 1.29 is 9.47 Å². The number of hydrogen-bond acceptors (Lipinski definition) is 4. The van der Waals surface area contributed by atoms with E-state index in [0.29, 0.717) is 0 Å². The Hall–Kier alpha value is -1.34. The first-order valence-corrected chi connectivity index (χ1v) is 18.2. The number of ether oxygens (including phenoxy) is 2. The van der Waals surface area contributed by atoms with E-state index in [4.69, 9.17) is 9.47 Å². The van der Waals surface area contributed by atoms with Gasteiger partial charge in [-0.25, -0.2) is 0 Å². The van der Waals surface area contributed by atoms with E-state index in [2.05, 4.69) is 94.2 Å². The van der Waals surface area contributed by atoms with Crippen molar-refractivity contribution in [3.63, 3.8) is 0 Å². The topological polar surface area (TPSA) is 18.5 Å². The molecule has 4 rings (SSSR count). The van der Waals surface area contributed by atoms with Crippen LogP contribution in [0.3, 0.4) is 0 Å². The molecule has 40 heavy (non-hydrogen) atoms. The Kier molecular flexibility index (Phi) is 13.4. The Labute approximate surface area is 265 Å². The Morgan fingerprint density at radius 2 is 0.900 bits per heavy atom. The molecule has 2 aromatic carbocycles. The normalized spacial score (nSPS) is 11.4. The highest BCUT2D eigenvalue weighted by molar-refractivity contribution is 9.11. The summed E-state index contributed by atoms with van der Waals surface area (Å²) in [6.45, 7) is 6.00. The number of thiophene rings is 2. The fourth-order valence-electron chi connectivity index (χ4n) is 5.08. The minimum absolute atomic E-state index is 0.734. The molecule has 0 saturated heterocycles. The first-order chi connectivity index (χ1) is 19.6. The van der Waals surface area contributed by atoms with Gasteiger partial charge in [-0.3, -0.25) is 0 Å². The van der Waals surface area contributed by atoms with Crippen LogP contribution < -0.4 is 9.47 Å². The molecule has 2 aromatic heterocycles. The summed E-state index contributed by atoms with van der Waals surface area (Å²) in [5, 5.41) is 2.26. The summed E-state index contributed by atoms with van der Waals surface area (Å²) in [4.78, 5) is 2.43. The van der Waals surface area contributed by atoms with Crippen LogP contribution in [0.2, 0.25) is 0 Å². The number of hydrogen-bond donors (Lipinski definition) is 0. The van der Waals surface area contributed by atoms with Gasteiger partial charge in [0.05, 0.1) is 20.8 Å². The van der Waals surface area contributed by atoms with Crippen LogP contribution in [-0.4, -0.2) is 13.2 Å². The highest BCUT2D eigenvalue weighted by atomic mass is 79.9. The number of halogens is 2. The minimum atomic E-state index is 0.734. The first-order valence-electron chi connectivity index (χ1n) is 15.0. The number of benzene rings is 2. The van der Waals surface area contributed by atoms with Gasteiger partial charge in [-0.1, -0.05) is 78.1 Å². The second kappa shape index (κ2) is 16.9. The van der Waals surface area contributed by atoms with Gasteiger partial charge in [0.15, 0.2) is 0 Å². The van der Waals surface area contributed by atoms with Crippen molar-refractivity contribution in [1.29, 1.82) is 0 Å². The minimum Gasteiger partial charge on any atom is -0.492 e. The highest BCUT2D eigenvalue weighted by Gasteiger charge is 2.19. The number of fused-ring (bicyclic) bond motifs is 1. The van der Waals surface area contributed by atoms with E-state index >= 15 is 0 Å². The molecule has 6 heteroatoms. The smallest absolute Gasteiger partial charge is 0.135 e. The van der Waals surface area contributed by atoms with Gasteiger partial charge >= 0.3 is 0 Å². The van der Waals surface area contributed by atoms with E-state index in [-0.39, 0.29) is 0 Å². The molecule has 0 aliphatic heterocycles. The van der Waals surface area contributed by atoms with Crippen LogP contribution in [-0.2, 0) is 0 Å². The Balaban J connectivity index is 1.64.